The van der Waals surface area contributed by atoms with E-state index in [-0.39, 0.29) is 5.56 Å². The van der Waals surface area contributed by atoms with Crippen molar-refractivity contribution < 1.29 is 13.2 Å². The lowest BCUT2D eigenvalue weighted by molar-refractivity contribution is -0.137. The Morgan fingerprint density at radius 3 is 2.26 bits per heavy atom. The summed E-state index contributed by atoms with van der Waals surface area (Å²) in [6.45, 7) is 9.06. The van der Waals surface area contributed by atoms with Gasteiger partial charge in [0, 0.05) is 13.1 Å². The minimum Gasteiger partial charge on any atom is -0.315 e. The van der Waals surface area contributed by atoms with Crippen LogP contribution in [-0.2, 0) is 12.6 Å². The van der Waals surface area contributed by atoms with E-state index < -0.39 is 11.7 Å². The van der Waals surface area contributed by atoms with Gasteiger partial charge >= 0.3 is 6.18 Å². The molecule has 1 N–H and O–H groups in total. The SMILES string of the molecule is CCN(CC)CCNCCCc1ccc(-c2ccccc2)c(C(F)(F)F)c1. The van der Waals surface area contributed by atoms with Crippen LogP contribution < -0.4 is 5.32 Å². The Labute approximate surface area is 160 Å². The summed E-state index contributed by atoms with van der Waals surface area (Å²) >= 11 is 0. The molecule has 0 aromatic heterocycles. The van der Waals surface area contributed by atoms with Gasteiger partial charge in [0.05, 0.1) is 5.56 Å². The van der Waals surface area contributed by atoms with Gasteiger partial charge in [0.2, 0.25) is 0 Å². The molecule has 5 heteroatoms. The maximum Gasteiger partial charge on any atom is 0.417 e. The molecule has 0 spiro atoms. The van der Waals surface area contributed by atoms with Gasteiger partial charge in [-0.25, -0.2) is 0 Å². The zero-order chi connectivity index (χ0) is 19.7. The standard InChI is InChI=1S/C22H29F3N2/c1-3-27(4-2)16-15-26-14-8-9-18-12-13-20(19-10-6-5-7-11-19)21(17-18)22(23,24)25/h5-7,10-13,17,26H,3-4,8-9,14-16H2,1-2H3. The van der Waals surface area contributed by atoms with Crippen LogP contribution in [0.4, 0.5) is 13.2 Å². The molecular weight excluding hydrogens is 349 g/mol. The summed E-state index contributed by atoms with van der Waals surface area (Å²) in [4.78, 5) is 2.34. The van der Waals surface area contributed by atoms with Crippen molar-refractivity contribution in [2.45, 2.75) is 32.9 Å². The highest BCUT2D eigenvalue weighted by Crippen LogP contribution is 2.37. The van der Waals surface area contributed by atoms with Crippen molar-refractivity contribution >= 4 is 0 Å². The highest BCUT2D eigenvalue weighted by Gasteiger charge is 2.33. The summed E-state index contributed by atoms with van der Waals surface area (Å²) in [6, 6.07) is 13.5. The number of hydrogen-bond acceptors (Lipinski definition) is 2. The molecule has 0 bridgehead atoms. The van der Waals surface area contributed by atoms with Gasteiger partial charge in [-0.2, -0.15) is 13.2 Å². The van der Waals surface area contributed by atoms with Gasteiger partial charge in [-0.3, -0.25) is 0 Å². The molecule has 0 radical (unpaired) electrons. The third-order valence-corrected chi connectivity index (χ3v) is 4.79. The second-order valence-corrected chi connectivity index (χ2v) is 6.62. The molecule has 0 atom stereocenters. The average Bonchev–Trinajstić information content (AvgIpc) is 2.67. The van der Waals surface area contributed by atoms with Crippen molar-refractivity contribution in [3.63, 3.8) is 0 Å². The van der Waals surface area contributed by atoms with Crippen LogP contribution in [0.2, 0.25) is 0 Å². The molecule has 0 aliphatic heterocycles. The summed E-state index contributed by atoms with van der Waals surface area (Å²) in [7, 11) is 0. The second kappa shape index (κ2) is 10.5. The minimum atomic E-state index is -4.36. The van der Waals surface area contributed by atoms with E-state index >= 15 is 0 Å². The Bertz CT molecular complexity index is 680. The van der Waals surface area contributed by atoms with Crippen LogP contribution in [0.3, 0.4) is 0 Å². The summed E-state index contributed by atoms with van der Waals surface area (Å²) in [5.74, 6) is 0. The van der Waals surface area contributed by atoms with E-state index in [0.717, 1.165) is 44.7 Å². The minimum absolute atomic E-state index is 0.240. The highest BCUT2D eigenvalue weighted by atomic mass is 19.4. The van der Waals surface area contributed by atoms with E-state index in [9.17, 15) is 13.2 Å². The van der Waals surface area contributed by atoms with Crippen LogP contribution >= 0.6 is 0 Å². The molecule has 148 valence electrons. The van der Waals surface area contributed by atoms with E-state index in [0.29, 0.717) is 12.0 Å². The van der Waals surface area contributed by atoms with Crippen LogP contribution in [0.1, 0.15) is 31.4 Å². The molecule has 0 saturated carbocycles. The Balaban J connectivity index is 1.95. The molecule has 2 aromatic carbocycles. The molecule has 2 nitrogen and oxygen atoms in total. The van der Waals surface area contributed by atoms with Gasteiger partial charge < -0.3 is 10.2 Å². The van der Waals surface area contributed by atoms with E-state index in [2.05, 4.69) is 24.1 Å². The Morgan fingerprint density at radius 2 is 1.63 bits per heavy atom. The fraction of sp³-hybridized carbons (Fsp3) is 0.455. The van der Waals surface area contributed by atoms with E-state index in [1.165, 1.54) is 6.07 Å². The monoisotopic (exact) mass is 378 g/mol. The molecule has 0 amide bonds. The first-order valence-corrected chi connectivity index (χ1v) is 9.64. The molecular formula is C22H29F3N2. The van der Waals surface area contributed by atoms with Gasteiger partial charge in [0.1, 0.15) is 0 Å². The molecule has 0 heterocycles. The number of alkyl halides is 3. The molecule has 0 aliphatic carbocycles. The largest absolute Gasteiger partial charge is 0.417 e. The van der Waals surface area contributed by atoms with E-state index in [1.807, 2.05) is 6.07 Å². The van der Waals surface area contributed by atoms with Gasteiger partial charge in [0.25, 0.3) is 0 Å². The second-order valence-electron chi connectivity index (χ2n) is 6.62. The summed E-state index contributed by atoms with van der Waals surface area (Å²) in [5.41, 5.74) is 1.01. The lowest BCUT2D eigenvalue weighted by Crippen LogP contribution is -2.32. The number of halogens is 3. The molecule has 2 aromatic rings. The molecule has 0 saturated heterocycles. The van der Waals surface area contributed by atoms with Crippen molar-refractivity contribution in [3.8, 4) is 11.1 Å². The molecule has 0 unspecified atom stereocenters. The normalized spacial score (nSPS) is 11.9. The van der Waals surface area contributed by atoms with Crippen molar-refractivity contribution in [3.05, 3.63) is 59.7 Å². The quantitative estimate of drug-likeness (QED) is 0.569. The fourth-order valence-corrected chi connectivity index (χ4v) is 3.17. The van der Waals surface area contributed by atoms with Crippen molar-refractivity contribution in [1.29, 1.82) is 0 Å². The molecule has 0 aliphatic rings. The zero-order valence-electron chi connectivity index (χ0n) is 16.1. The summed E-state index contributed by atoms with van der Waals surface area (Å²) in [5, 5.41) is 3.37. The van der Waals surface area contributed by atoms with Crippen LogP contribution in [0.5, 0.6) is 0 Å². The van der Waals surface area contributed by atoms with Crippen LogP contribution in [0, 0.1) is 0 Å². The lowest BCUT2D eigenvalue weighted by Gasteiger charge is -2.18. The summed E-state index contributed by atoms with van der Waals surface area (Å²) in [6.07, 6.45) is -2.90. The zero-order valence-corrected chi connectivity index (χ0v) is 16.1. The van der Waals surface area contributed by atoms with Crippen LogP contribution in [0.15, 0.2) is 48.5 Å². The molecule has 2 rings (SSSR count). The third kappa shape index (κ3) is 6.67. The number of hydrogen-bond donors (Lipinski definition) is 1. The van der Waals surface area contributed by atoms with Gasteiger partial charge in [0.15, 0.2) is 0 Å². The Morgan fingerprint density at radius 1 is 0.926 bits per heavy atom. The number of nitrogens with zero attached hydrogens (tertiary/aromatic N) is 1. The number of benzene rings is 2. The smallest absolute Gasteiger partial charge is 0.315 e. The third-order valence-electron chi connectivity index (χ3n) is 4.79. The molecule has 0 fully saturated rings. The first-order valence-electron chi connectivity index (χ1n) is 9.64. The van der Waals surface area contributed by atoms with Crippen molar-refractivity contribution in [2.75, 3.05) is 32.7 Å². The van der Waals surface area contributed by atoms with Crippen molar-refractivity contribution in [2.24, 2.45) is 0 Å². The van der Waals surface area contributed by atoms with Gasteiger partial charge in [-0.1, -0.05) is 56.3 Å². The highest BCUT2D eigenvalue weighted by molar-refractivity contribution is 5.68. The van der Waals surface area contributed by atoms with Crippen LogP contribution in [0.25, 0.3) is 11.1 Å². The van der Waals surface area contributed by atoms with E-state index in [1.54, 1.807) is 36.4 Å². The fourth-order valence-electron chi connectivity index (χ4n) is 3.17. The Hall–Kier alpha value is -1.85. The summed E-state index contributed by atoms with van der Waals surface area (Å²) < 4.78 is 40.6. The number of rotatable bonds is 10. The first kappa shape index (κ1) is 21.5. The van der Waals surface area contributed by atoms with Gasteiger partial charge in [-0.15, -0.1) is 0 Å². The topological polar surface area (TPSA) is 15.3 Å². The predicted octanol–water partition coefficient (Wildman–Crippen LogP) is 5.24. The first-order chi connectivity index (χ1) is 13.0. The number of aryl methyl sites for hydroxylation is 1. The average molecular weight is 378 g/mol. The number of nitrogens with one attached hydrogen (secondary N) is 1. The number of likely N-dealkylation sites (N-methyl/N-ethyl adjacent to an activating group) is 1. The maximum atomic E-state index is 13.5. The van der Waals surface area contributed by atoms with Gasteiger partial charge in [-0.05, 0) is 55.2 Å². The van der Waals surface area contributed by atoms with Crippen molar-refractivity contribution in [1.82, 2.24) is 10.2 Å². The van der Waals surface area contributed by atoms with E-state index in [4.69, 9.17) is 0 Å². The predicted molar refractivity (Wildman–Crippen MR) is 106 cm³/mol. The maximum absolute atomic E-state index is 13.5. The lowest BCUT2D eigenvalue weighted by atomic mass is 9.96. The Kier molecular flexibility index (Phi) is 8.32. The molecule has 27 heavy (non-hydrogen) atoms. The van der Waals surface area contributed by atoms with Crippen LogP contribution in [-0.4, -0.2) is 37.6 Å².